The first-order valence-electron chi connectivity index (χ1n) is 13.6. The summed E-state index contributed by atoms with van der Waals surface area (Å²) in [5.74, 6) is -2.32. The van der Waals surface area contributed by atoms with Gasteiger partial charge in [0.1, 0.15) is 24.7 Å². The maximum Gasteiger partial charge on any atom is 0.258 e. The highest BCUT2D eigenvalue weighted by atomic mass is 16.2. The fraction of sp³-hybridized carbons (Fsp3) is 0.250. The summed E-state index contributed by atoms with van der Waals surface area (Å²) in [6.07, 6.45) is 0.850. The molecule has 42 heavy (non-hydrogen) atoms. The molecule has 0 aromatic heterocycles. The van der Waals surface area contributed by atoms with Crippen LogP contribution in [-0.4, -0.2) is 60.9 Å². The summed E-state index contributed by atoms with van der Waals surface area (Å²) in [5, 5.41) is 5.26. The molecule has 1 heterocycles. The number of nitrogens with zero attached hydrogens (tertiary/aromatic N) is 2. The Kier molecular flexibility index (Phi) is 9.94. The van der Waals surface area contributed by atoms with Gasteiger partial charge in [-0.05, 0) is 43.2 Å². The van der Waals surface area contributed by atoms with Crippen LogP contribution in [0, 0.1) is 0 Å². The lowest BCUT2D eigenvalue weighted by Crippen LogP contribution is -2.54. The van der Waals surface area contributed by atoms with Crippen LogP contribution in [0.3, 0.4) is 0 Å². The number of aldehydes is 1. The number of hydrogen-bond donors (Lipinski definition) is 2. The third kappa shape index (κ3) is 7.54. The standard InChI is InChI=1S/C32H32N4O6/c1-22(38)18-25(21-37)33-30(40)20-36-28-15-9-8-14-27(28)35(31(41)24-12-6-3-7-13-24)19-26(32(36)42)34-29(39)17-16-23-10-4-2-5-11-23/h2-15,21,25-26H,16-20H2,1H3,(H,33,40)(H,34,39)/t25-,26-/m0/s1. The zero-order valence-corrected chi connectivity index (χ0v) is 23.2. The van der Waals surface area contributed by atoms with Gasteiger partial charge in [-0.3, -0.25) is 28.9 Å². The summed E-state index contributed by atoms with van der Waals surface area (Å²) in [4.78, 5) is 79.3. The molecule has 0 aliphatic carbocycles. The Bertz CT molecular complexity index is 1460. The number of Topliss-reactive ketones (excluding diaryl/α,β-unsaturated/α-hetero) is 1. The van der Waals surface area contributed by atoms with Crippen molar-refractivity contribution in [3.05, 3.63) is 96.1 Å². The topological polar surface area (TPSA) is 133 Å². The minimum absolute atomic E-state index is 0.111. The largest absolute Gasteiger partial charge is 0.345 e. The lowest BCUT2D eigenvalue weighted by molar-refractivity contribution is -0.128. The second kappa shape index (κ2) is 14.0. The zero-order chi connectivity index (χ0) is 30.1. The first-order chi connectivity index (χ1) is 20.3. The zero-order valence-electron chi connectivity index (χ0n) is 23.2. The number of aryl methyl sites for hydroxylation is 1. The molecule has 2 atom stereocenters. The highest BCUT2D eigenvalue weighted by molar-refractivity contribution is 6.13. The number of para-hydroxylation sites is 2. The molecule has 2 N–H and O–H groups in total. The van der Waals surface area contributed by atoms with Crippen molar-refractivity contribution in [1.82, 2.24) is 10.6 Å². The number of ketones is 1. The van der Waals surface area contributed by atoms with E-state index in [0.717, 1.165) is 5.56 Å². The van der Waals surface area contributed by atoms with Crippen molar-refractivity contribution in [3.63, 3.8) is 0 Å². The van der Waals surface area contributed by atoms with Crippen molar-refractivity contribution in [2.24, 2.45) is 0 Å². The molecule has 1 aliphatic heterocycles. The van der Waals surface area contributed by atoms with Gasteiger partial charge in [-0.2, -0.15) is 0 Å². The van der Waals surface area contributed by atoms with E-state index >= 15 is 0 Å². The number of amides is 4. The van der Waals surface area contributed by atoms with Crippen LogP contribution in [0.4, 0.5) is 11.4 Å². The van der Waals surface area contributed by atoms with Gasteiger partial charge < -0.3 is 20.3 Å². The van der Waals surface area contributed by atoms with Gasteiger partial charge >= 0.3 is 0 Å². The van der Waals surface area contributed by atoms with Crippen molar-refractivity contribution in [3.8, 4) is 0 Å². The molecule has 0 bridgehead atoms. The lowest BCUT2D eigenvalue weighted by Gasteiger charge is -2.25. The van der Waals surface area contributed by atoms with Gasteiger partial charge in [0.25, 0.3) is 11.8 Å². The molecule has 0 saturated heterocycles. The van der Waals surface area contributed by atoms with Gasteiger partial charge in [-0.1, -0.05) is 60.7 Å². The second-order valence-corrected chi connectivity index (χ2v) is 10.0. The van der Waals surface area contributed by atoms with Crippen LogP contribution in [0.2, 0.25) is 0 Å². The average molecular weight is 569 g/mol. The van der Waals surface area contributed by atoms with Crippen molar-refractivity contribution in [2.45, 2.75) is 38.3 Å². The number of benzene rings is 3. The number of rotatable bonds is 11. The molecule has 0 saturated carbocycles. The Balaban J connectivity index is 1.64. The third-order valence-electron chi connectivity index (χ3n) is 6.80. The summed E-state index contributed by atoms with van der Waals surface area (Å²) < 4.78 is 0. The summed E-state index contributed by atoms with van der Waals surface area (Å²) in [6, 6.07) is 22.4. The quantitative estimate of drug-likeness (QED) is 0.342. The van der Waals surface area contributed by atoms with Crippen molar-refractivity contribution in [1.29, 1.82) is 0 Å². The lowest BCUT2D eigenvalue weighted by atomic mass is 10.1. The number of nitrogens with one attached hydrogen (secondary N) is 2. The van der Waals surface area contributed by atoms with Gasteiger partial charge in [0, 0.05) is 18.4 Å². The molecule has 0 radical (unpaired) electrons. The molecular formula is C32H32N4O6. The molecule has 10 heteroatoms. The SMILES string of the molecule is CC(=O)C[C@@H](C=O)NC(=O)CN1C(=O)[C@@H](NC(=O)CCc2ccccc2)CN(C(=O)c2ccccc2)c2ccccc21. The van der Waals surface area contributed by atoms with E-state index in [1.54, 1.807) is 54.6 Å². The Hall–Kier alpha value is -5.12. The first kappa shape index (κ1) is 29.9. The molecular weight excluding hydrogens is 536 g/mol. The molecule has 0 fully saturated rings. The fourth-order valence-electron chi connectivity index (χ4n) is 4.79. The molecule has 4 rings (SSSR count). The highest BCUT2D eigenvalue weighted by Gasteiger charge is 2.38. The number of carbonyl (C=O) groups excluding carboxylic acids is 6. The number of fused-ring (bicyclic) bond motifs is 1. The van der Waals surface area contributed by atoms with Crippen LogP contribution < -0.4 is 20.4 Å². The van der Waals surface area contributed by atoms with E-state index < -0.39 is 30.4 Å². The molecule has 3 aromatic carbocycles. The molecule has 216 valence electrons. The van der Waals surface area contributed by atoms with E-state index in [2.05, 4.69) is 10.6 Å². The van der Waals surface area contributed by atoms with E-state index in [1.807, 2.05) is 30.3 Å². The first-order valence-corrected chi connectivity index (χ1v) is 13.6. The Morgan fingerprint density at radius 1 is 0.881 bits per heavy atom. The molecule has 10 nitrogen and oxygen atoms in total. The smallest absolute Gasteiger partial charge is 0.258 e. The second-order valence-electron chi connectivity index (χ2n) is 10.0. The third-order valence-corrected chi connectivity index (χ3v) is 6.80. The van der Waals surface area contributed by atoms with E-state index in [4.69, 9.17) is 0 Å². The maximum atomic E-state index is 14.0. The molecule has 0 spiro atoms. The average Bonchev–Trinajstić information content (AvgIpc) is 3.11. The number of hydrogen-bond acceptors (Lipinski definition) is 6. The van der Waals surface area contributed by atoms with Crippen LogP contribution in [0.1, 0.15) is 35.7 Å². The maximum absolute atomic E-state index is 14.0. The summed E-state index contributed by atoms with van der Waals surface area (Å²) in [7, 11) is 0. The van der Waals surface area contributed by atoms with Crippen LogP contribution in [-0.2, 0) is 30.4 Å². The van der Waals surface area contributed by atoms with Crippen molar-refractivity contribution in [2.75, 3.05) is 22.9 Å². The van der Waals surface area contributed by atoms with E-state index in [1.165, 1.54) is 16.7 Å². The summed E-state index contributed by atoms with van der Waals surface area (Å²) in [6.45, 7) is 0.641. The van der Waals surface area contributed by atoms with Gasteiger partial charge in [-0.25, -0.2) is 0 Å². The van der Waals surface area contributed by atoms with Crippen LogP contribution >= 0.6 is 0 Å². The van der Waals surface area contributed by atoms with Gasteiger partial charge in [-0.15, -0.1) is 0 Å². The Morgan fingerprint density at radius 2 is 1.50 bits per heavy atom. The van der Waals surface area contributed by atoms with Gasteiger partial charge in [0.15, 0.2) is 0 Å². The number of anilines is 2. The Labute approximate surface area is 243 Å². The van der Waals surface area contributed by atoms with Crippen molar-refractivity contribution >= 4 is 47.1 Å². The Morgan fingerprint density at radius 3 is 2.14 bits per heavy atom. The molecule has 1 aliphatic rings. The number of carbonyl (C=O) groups is 6. The van der Waals surface area contributed by atoms with E-state index in [9.17, 15) is 28.8 Å². The fourth-order valence-corrected chi connectivity index (χ4v) is 4.79. The summed E-state index contributed by atoms with van der Waals surface area (Å²) >= 11 is 0. The van der Waals surface area contributed by atoms with Gasteiger partial charge in [0.2, 0.25) is 11.8 Å². The highest BCUT2D eigenvalue weighted by Crippen LogP contribution is 2.33. The van der Waals surface area contributed by atoms with Crippen molar-refractivity contribution < 1.29 is 28.8 Å². The van der Waals surface area contributed by atoms with E-state index in [0.29, 0.717) is 24.0 Å². The molecule has 0 unspecified atom stereocenters. The van der Waals surface area contributed by atoms with Crippen LogP contribution in [0.25, 0.3) is 0 Å². The predicted molar refractivity (Wildman–Crippen MR) is 157 cm³/mol. The monoisotopic (exact) mass is 568 g/mol. The molecule has 3 aromatic rings. The molecule has 4 amide bonds. The van der Waals surface area contributed by atoms with E-state index in [-0.39, 0.29) is 42.7 Å². The minimum Gasteiger partial charge on any atom is -0.345 e. The van der Waals surface area contributed by atoms with Crippen LogP contribution in [0.5, 0.6) is 0 Å². The van der Waals surface area contributed by atoms with Crippen LogP contribution in [0.15, 0.2) is 84.9 Å². The van der Waals surface area contributed by atoms with Gasteiger partial charge in [0.05, 0.1) is 24.0 Å². The normalized spacial score (nSPS) is 15.2. The minimum atomic E-state index is -1.17. The summed E-state index contributed by atoms with van der Waals surface area (Å²) in [5.41, 5.74) is 2.02. The predicted octanol–water partition coefficient (Wildman–Crippen LogP) is 2.46.